The number of methoxy groups -OCH3 is 1. The van der Waals surface area contributed by atoms with Crippen molar-refractivity contribution in [2.24, 2.45) is 4.99 Å². The number of guanidine groups is 1. The van der Waals surface area contributed by atoms with E-state index in [9.17, 15) is 0 Å². The van der Waals surface area contributed by atoms with Crippen molar-refractivity contribution in [3.63, 3.8) is 0 Å². The number of hydrogen-bond acceptors (Lipinski definition) is 3. The molecule has 1 aliphatic rings. The minimum absolute atomic E-state index is 0.712. The Bertz CT molecular complexity index is 524. The van der Waals surface area contributed by atoms with Crippen LogP contribution in [0.3, 0.4) is 0 Å². The van der Waals surface area contributed by atoms with Gasteiger partial charge in [0.1, 0.15) is 0 Å². The third-order valence-corrected chi connectivity index (χ3v) is 4.78. The van der Waals surface area contributed by atoms with Gasteiger partial charge in [-0.25, -0.2) is 4.99 Å². The maximum Gasteiger partial charge on any atom is 0.191 e. The largest absolute Gasteiger partial charge is 0.385 e. The van der Waals surface area contributed by atoms with Gasteiger partial charge in [0, 0.05) is 33.4 Å². The summed E-state index contributed by atoms with van der Waals surface area (Å²) in [5.74, 6) is 0.883. The summed E-state index contributed by atoms with van der Waals surface area (Å²) in [5, 5.41) is 6.71. The Hall–Kier alpha value is -1.59. The number of nitrogens with zero attached hydrogens (tertiary/aromatic N) is 2. The quantitative estimate of drug-likeness (QED) is 0.403. The highest BCUT2D eigenvalue weighted by atomic mass is 16.5. The van der Waals surface area contributed by atoms with Crippen LogP contribution in [-0.4, -0.2) is 50.8 Å². The molecule has 1 fully saturated rings. The maximum absolute atomic E-state index is 5.10. The molecule has 0 aliphatic carbocycles. The van der Waals surface area contributed by atoms with E-state index >= 15 is 0 Å². The first-order valence-corrected chi connectivity index (χ1v) is 10.1. The fourth-order valence-electron chi connectivity index (χ4n) is 3.33. The van der Waals surface area contributed by atoms with Crippen molar-refractivity contribution in [2.45, 2.75) is 52.1 Å². The van der Waals surface area contributed by atoms with Gasteiger partial charge in [0.25, 0.3) is 0 Å². The predicted molar refractivity (Wildman–Crippen MR) is 109 cm³/mol. The molecule has 0 amide bonds. The molecule has 0 bridgehead atoms. The van der Waals surface area contributed by atoms with E-state index in [2.05, 4.69) is 46.7 Å². The summed E-state index contributed by atoms with van der Waals surface area (Å²) in [6.45, 7) is 8.81. The topological polar surface area (TPSA) is 48.9 Å². The Morgan fingerprint density at radius 3 is 2.50 bits per heavy atom. The Morgan fingerprint density at radius 2 is 1.81 bits per heavy atom. The molecule has 1 heterocycles. The predicted octanol–water partition coefficient (Wildman–Crippen LogP) is 3.15. The molecule has 0 saturated carbocycles. The summed E-state index contributed by atoms with van der Waals surface area (Å²) < 4.78 is 5.10. The van der Waals surface area contributed by atoms with Crippen LogP contribution in [0.25, 0.3) is 0 Å². The standard InChI is InChI=1S/C21H36N4O/c1-3-22-21(23-13-10-16-26-2)24-17-19-11-6-7-12-20(19)18-25-14-8-4-5-9-15-25/h6-7,11-12H,3-5,8-10,13-18H2,1-2H3,(H2,22,23,24). The second-order valence-corrected chi connectivity index (χ2v) is 6.93. The molecular formula is C21H36N4O. The number of aliphatic imine (C=N–C) groups is 1. The molecular weight excluding hydrogens is 324 g/mol. The normalized spacial score (nSPS) is 16.3. The van der Waals surface area contributed by atoms with E-state index in [1.165, 1.54) is 49.9 Å². The van der Waals surface area contributed by atoms with Gasteiger partial charge in [0.15, 0.2) is 5.96 Å². The Balaban J connectivity index is 1.95. The summed E-state index contributed by atoms with van der Waals surface area (Å²) in [7, 11) is 1.74. The smallest absolute Gasteiger partial charge is 0.191 e. The number of ether oxygens (including phenoxy) is 1. The highest BCUT2D eigenvalue weighted by Crippen LogP contribution is 2.16. The molecule has 1 aromatic carbocycles. The van der Waals surface area contributed by atoms with Crippen molar-refractivity contribution in [1.82, 2.24) is 15.5 Å². The molecule has 1 aromatic rings. The van der Waals surface area contributed by atoms with Crippen LogP contribution in [0.15, 0.2) is 29.3 Å². The summed E-state index contributed by atoms with van der Waals surface area (Å²) in [4.78, 5) is 7.39. The molecule has 5 nitrogen and oxygen atoms in total. The van der Waals surface area contributed by atoms with Gasteiger partial charge in [-0.1, -0.05) is 37.1 Å². The first-order chi connectivity index (χ1) is 12.8. The zero-order valence-corrected chi connectivity index (χ0v) is 16.6. The zero-order valence-electron chi connectivity index (χ0n) is 16.6. The fourth-order valence-corrected chi connectivity index (χ4v) is 3.33. The second kappa shape index (κ2) is 12.7. The van der Waals surface area contributed by atoms with Crippen LogP contribution in [0, 0.1) is 0 Å². The monoisotopic (exact) mass is 360 g/mol. The van der Waals surface area contributed by atoms with Gasteiger partial charge in [0.2, 0.25) is 0 Å². The van der Waals surface area contributed by atoms with Gasteiger partial charge >= 0.3 is 0 Å². The number of nitrogens with one attached hydrogen (secondary N) is 2. The summed E-state index contributed by atoms with van der Waals surface area (Å²) >= 11 is 0. The average Bonchev–Trinajstić information content (AvgIpc) is 2.93. The van der Waals surface area contributed by atoms with E-state index < -0.39 is 0 Å². The van der Waals surface area contributed by atoms with E-state index in [0.717, 1.165) is 38.6 Å². The summed E-state index contributed by atoms with van der Waals surface area (Å²) in [6, 6.07) is 8.74. The lowest BCUT2D eigenvalue weighted by molar-refractivity contribution is 0.195. The average molecular weight is 361 g/mol. The van der Waals surface area contributed by atoms with Crippen LogP contribution in [0.1, 0.15) is 50.2 Å². The SMILES string of the molecule is CCNC(=NCc1ccccc1CN1CCCCCC1)NCCCOC. The first kappa shape index (κ1) is 20.7. The van der Waals surface area contributed by atoms with E-state index in [1.54, 1.807) is 7.11 Å². The molecule has 0 unspecified atom stereocenters. The number of rotatable bonds is 9. The van der Waals surface area contributed by atoms with Gasteiger partial charge in [-0.05, 0) is 50.4 Å². The van der Waals surface area contributed by atoms with Crippen molar-refractivity contribution in [3.05, 3.63) is 35.4 Å². The van der Waals surface area contributed by atoms with Crippen molar-refractivity contribution in [3.8, 4) is 0 Å². The highest BCUT2D eigenvalue weighted by molar-refractivity contribution is 5.79. The van der Waals surface area contributed by atoms with Crippen LogP contribution in [-0.2, 0) is 17.8 Å². The van der Waals surface area contributed by atoms with Gasteiger partial charge < -0.3 is 15.4 Å². The van der Waals surface area contributed by atoms with Crippen LogP contribution in [0.4, 0.5) is 0 Å². The third-order valence-electron chi connectivity index (χ3n) is 4.78. The van der Waals surface area contributed by atoms with Gasteiger partial charge in [-0.15, -0.1) is 0 Å². The van der Waals surface area contributed by atoms with Gasteiger partial charge in [-0.3, -0.25) is 4.90 Å². The number of likely N-dealkylation sites (tertiary alicyclic amines) is 1. The molecule has 0 atom stereocenters. The Labute approximate surface area is 159 Å². The molecule has 0 spiro atoms. The fraction of sp³-hybridized carbons (Fsp3) is 0.667. The number of benzene rings is 1. The maximum atomic E-state index is 5.10. The minimum Gasteiger partial charge on any atom is -0.385 e. The molecule has 1 saturated heterocycles. The lowest BCUT2D eigenvalue weighted by atomic mass is 10.1. The molecule has 146 valence electrons. The van der Waals surface area contributed by atoms with E-state index in [4.69, 9.17) is 9.73 Å². The van der Waals surface area contributed by atoms with E-state index in [1.807, 2.05) is 0 Å². The minimum atomic E-state index is 0.712. The Morgan fingerprint density at radius 1 is 1.08 bits per heavy atom. The van der Waals surface area contributed by atoms with Crippen molar-refractivity contribution >= 4 is 5.96 Å². The summed E-state index contributed by atoms with van der Waals surface area (Å²) in [5.41, 5.74) is 2.74. The van der Waals surface area contributed by atoms with Crippen molar-refractivity contribution in [1.29, 1.82) is 0 Å². The van der Waals surface area contributed by atoms with Gasteiger partial charge in [0.05, 0.1) is 6.54 Å². The molecule has 2 N–H and O–H groups in total. The first-order valence-electron chi connectivity index (χ1n) is 10.1. The lowest BCUT2D eigenvalue weighted by Gasteiger charge is -2.21. The van der Waals surface area contributed by atoms with Crippen molar-refractivity contribution < 1.29 is 4.74 Å². The number of hydrogen-bond donors (Lipinski definition) is 2. The molecule has 26 heavy (non-hydrogen) atoms. The van der Waals surface area contributed by atoms with Crippen LogP contribution >= 0.6 is 0 Å². The van der Waals surface area contributed by atoms with E-state index in [0.29, 0.717) is 6.54 Å². The summed E-state index contributed by atoms with van der Waals surface area (Å²) in [6.07, 6.45) is 6.39. The third kappa shape index (κ3) is 7.75. The molecule has 1 aliphatic heterocycles. The van der Waals surface area contributed by atoms with E-state index in [-0.39, 0.29) is 0 Å². The highest BCUT2D eigenvalue weighted by Gasteiger charge is 2.11. The van der Waals surface area contributed by atoms with Crippen LogP contribution in [0.5, 0.6) is 0 Å². The molecule has 2 rings (SSSR count). The van der Waals surface area contributed by atoms with Crippen LogP contribution < -0.4 is 10.6 Å². The zero-order chi connectivity index (χ0) is 18.5. The molecule has 0 radical (unpaired) electrons. The van der Waals surface area contributed by atoms with Gasteiger partial charge in [-0.2, -0.15) is 0 Å². The second-order valence-electron chi connectivity index (χ2n) is 6.93. The molecule has 5 heteroatoms. The van der Waals surface area contributed by atoms with Crippen LogP contribution in [0.2, 0.25) is 0 Å². The van der Waals surface area contributed by atoms with Crippen molar-refractivity contribution in [2.75, 3.05) is 39.9 Å². The lowest BCUT2D eigenvalue weighted by Crippen LogP contribution is -2.38. The Kier molecular flexibility index (Phi) is 10.1. The molecule has 0 aromatic heterocycles.